The van der Waals surface area contributed by atoms with Crippen LogP contribution in [-0.4, -0.2) is 32.4 Å². The van der Waals surface area contributed by atoms with Gasteiger partial charge in [-0.05, 0) is 41.6 Å². The van der Waals surface area contributed by atoms with E-state index >= 15 is 0 Å². The molecule has 0 bridgehead atoms. The van der Waals surface area contributed by atoms with Crippen LogP contribution in [0.15, 0.2) is 59.8 Å². The second-order valence-electron chi connectivity index (χ2n) is 7.30. The molecule has 2 atom stereocenters. The molecule has 0 amide bonds. The average molecular weight is 463 g/mol. The van der Waals surface area contributed by atoms with Crippen LogP contribution in [0.1, 0.15) is 38.7 Å². The van der Waals surface area contributed by atoms with E-state index in [0.29, 0.717) is 11.1 Å². The summed E-state index contributed by atoms with van der Waals surface area (Å²) < 4.78 is 11.8. The van der Waals surface area contributed by atoms with Gasteiger partial charge in [0, 0.05) is 28.8 Å². The summed E-state index contributed by atoms with van der Waals surface area (Å²) in [6.45, 7) is 0. The summed E-state index contributed by atoms with van der Waals surface area (Å²) in [7, 11) is 0. The number of aliphatic hydroxyl groups excluding tert-OH is 1. The highest BCUT2D eigenvalue weighted by Gasteiger charge is 2.55. The molecule has 1 spiro atoms. The van der Waals surface area contributed by atoms with Gasteiger partial charge < -0.3 is 29.6 Å². The van der Waals surface area contributed by atoms with Crippen molar-refractivity contribution in [2.24, 2.45) is 5.16 Å². The van der Waals surface area contributed by atoms with Crippen LogP contribution in [0, 0.1) is 0 Å². The van der Waals surface area contributed by atoms with Gasteiger partial charge in [-0.1, -0.05) is 18.2 Å². The van der Waals surface area contributed by atoms with Gasteiger partial charge in [0.15, 0.2) is 11.7 Å². The van der Waals surface area contributed by atoms with Gasteiger partial charge in [0.1, 0.15) is 28.2 Å². The number of phenolic OH excluding ortho intramolecular Hbond substituents is 2. The SMILES string of the molecule is O=C1OC2(c3ccc(O)cc3Oc3cc(O)cc(C(O)C(=O)ON=C=S)c32)c2ccccc21. The highest BCUT2D eigenvalue weighted by molar-refractivity contribution is 7.78. The van der Waals surface area contributed by atoms with Gasteiger partial charge in [-0.25, -0.2) is 9.59 Å². The minimum absolute atomic E-state index is 0.00205. The zero-order chi connectivity index (χ0) is 23.3. The molecular formula is C23H13NO8S. The molecule has 3 aromatic carbocycles. The van der Waals surface area contributed by atoms with Crippen molar-refractivity contribution in [3.8, 4) is 23.0 Å². The Morgan fingerprint density at radius 3 is 2.61 bits per heavy atom. The molecule has 2 aliphatic rings. The number of rotatable bonds is 3. The predicted octanol–water partition coefficient (Wildman–Crippen LogP) is 3.26. The van der Waals surface area contributed by atoms with Gasteiger partial charge in [-0.2, -0.15) is 0 Å². The Balaban J connectivity index is 1.85. The number of carbonyl (C=O) groups excluding carboxylic acids is 2. The molecule has 2 unspecified atom stereocenters. The van der Waals surface area contributed by atoms with Crippen molar-refractivity contribution in [3.63, 3.8) is 0 Å². The Morgan fingerprint density at radius 2 is 1.82 bits per heavy atom. The number of isothiocyanates is 1. The lowest BCUT2D eigenvalue weighted by Crippen LogP contribution is -2.35. The van der Waals surface area contributed by atoms with E-state index in [1.165, 1.54) is 24.3 Å². The molecule has 0 aromatic heterocycles. The predicted molar refractivity (Wildman–Crippen MR) is 114 cm³/mol. The number of hydrogen-bond acceptors (Lipinski definition) is 10. The number of phenols is 2. The van der Waals surface area contributed by atoms with E-state index in [0.717, 1.165) is 6.07 Å². The second kappa shape index (κ2) is 7.42. The zero-order valence-corrected chi connectivity index (χ0v) is 17.3. The van der Waals surface area contributed by atoms with E-state index in [4.69, 9.17) is 9.47 Å². The van der Waals surface area contributed by atoms with Crippen LogP contribution < -0.4 is 4.74 Å². The normalized spacial score (nSPS) is 18.2. The van der Waals surface area contributed by atoms with Gasteiger partial charge in [0.25, 0.3) is 0 Å². The van der Waals surface area contributed by atoms with Crippen molar-refractivity contribution >= 4 is 29.3 Å². The summed E-state index contributed by atoms with van der Waals surface area (Å²) >= 11 is 4.37. The minimum atomic E-state index is -1.96. The lowest BCUT2D eigenvalue weighted by molar-refractivity contribution is -0.153. The van der Waals surface area contributed by atoms with E-state index in [-0.39, 0.29) is 39.7 Å². The van der Waals surface area contributed by atoms with Gasteiger partial charge >= 0.3 is 11.9 Å². The Labute approximate surface area is 191 Å². The van der Waals surface area contributed by atoms with Crippen LogP contribution in [0.4, 0.5) is 0 Å². The molecule has 3 N–H and O–H groups in total. The third kappa shape index (κ3) is 2.97. The van der Waals surface area contributed by atoms with Crippen molar-refractivity contribution < 1.29 is 39.2 Å². The number of benzene rings is 3. The Bertz CT molecular complexity index is 1400. The summed E-state index contributed by atoms with van der Waals surface area (Å²) in [6.07, 6.45) is -1.96. The fourth-order valence-electron chi connectivity index (χ4n) is 4.28. The summed E-state index contributed by atoms with van der Waals surface area (Å²) in [5, 5.41) is 36.0. The van der Waals surface area contributed by atoms with Gasteiger partial charge in [0.2, 0.25) is 0 Å². The molecule has 0 radical (unpaired) electrons. The first-order valence-electron chi connectivity index (χ1n) is 9.54. The van der Waals surface area contributed by atoms with E-state index in [1.807, 2.05) is 5.16 Å². The lowest BCUT2D eigenvalue weighted by Gasteiger charge is -2.38. The van der Waals surface area contributed by atoms with Crippen LogP contribution in [0.25, 0.3) is 0 Å². The highest BCUT2D eigenvalue weighted by atomic mass is 32.1. The number of thiocarbonyl (C=S) groups is 1. The topological polar surface area (TPSA) is 135 Å². The van der Waals surface area contributed by atoms with Crippen molar-refractivity contribution in [1.82, 2.24) is 0 Å². The van der Waals surface area contributed by atoms with Gasteiger partial charge in [0.05, 0.1) is 11.1 Å². The maximum absolute atomic E-state index is 12.9. The van der Waals surface area contributed by atoms with Crippen molar-refractivity contribution in [2.45, 2.75) is 11.7 Å². The molecule has 33 heavy (non-hydrogen) atoms. The van der Waals surface area contributed by atoms with Crippen LogP contribution >= 0.6 is 12.2 Å². The van der Waals surface area contributed by atoms with Crippen LogP contribution in [0.3, 0.4) is 0 Å². The maximum Gasteiger partial charge on any atom is 0.368 e. The molecule has 0 fully saturated rings. The number of ether oxygens (including phenoxy) is 2. The number of aromatic hydroxyl groups is 2. The molecule has 2 aliphatic heterocycles. The fourth-order valence-corrected chi connectivity index (χ4v) is 4.31. The Morgan fingerprint density at radius 1 is 1.06 bits per heavy atom. The lowest BCUT2D eigenvalue weighted by atomic mass is 9.75. The molecule has 10 heteroatoms. The number of aliphatic hydroxyl groups is 1. The monoisotopic (exact) mass is 463 g/mol. The highest BCUT2D eigenvalue weighted by Crippen LogP contribution is 2.58. The molecule has 5 rings (SSSR count). The maximum atomic E-state index is 12.9. The molecule has 0 aliphatic carbocycles. The van der Waals surface area contributed by atoms with Gasteiger partial charge in [-0.15, -0.1) is 0 Å². The first-order chi connectivity index (χ1) is 15.9. The molecule has 2 heterocycles. The average Bonchev–Trinajstić information content (AvgIpc) is 3.09. The fraction of sp³-hybridized carbons (Fsp3) is 0.0870. The summed E-state index contributed by atoms with van der Waals surface area (Å²) in [4.78, 5) is 29.8. The third-order valence-corrected chi connectivity index (χ3v) is 5.57. The number of hydrogen-bond donors (Lipinski definition) is 3. The first-order valence-corrected chi connectivity index (χ1v) is 9.95. The number of esters is 1. The third-order valence-electron chi connectivity index (χ3n) is 5.50. The van der Waals surface area contributed by atoms with E-state index in [2.05, 4.69) is 22.2 Å². The first kappa shape index (κ1) is 20.7. The smallest absolute Gasteiger partial charge is 0.368 e. The van der Waals surface area contributed by atoms with E-state index in [1.54, 1.807) is 24.3 Å². The number of nitrogens with zero attached hydrogens (tertiary/aromatic N) is 1. The molecule has 0 saturated carbocycles. The largest absolute Gasteiger partial charge is 0.508 e. The standard InChI is InChI=1S/C23H13NO8S/c25-11-5-6-16-17(8-11)30-18-9-12(26)7-14(20(27)22(29)32-24-10-33)19(18)23(16)15-4-2-1-3-13(15)21(28)31-23/h1-9,20,25-27H. The Kier molecular flexibility index (Phi) is 4.64. The zero-order valence-electron chi connectivity index (χ0n) is 16.5. The van der Waals surface area contributed by atoms with Gasteiger partial charge in [-0.3, -0.25) is 0 Å². The molecule has 0 saturated heterocycles. The van der Waals surface area contributed by atoms with Crippen molar-refractivity contribution in [2.75, 3.05) is 0 Å². The van der Waals surface area contributed by atoms with Crippen LogP contribution in [0.2, 0.25) is 0 Å². The number of carbonyl (C=O) groups is 2. The second-order valence-corrected chi connectivity index (χ2v) is 7.48. The summed E-state index contributed by atoms with van der Waals surface area (Å²) in [5.41, 5.74) is -0.648. The van der Waals surface area contributed by atoms with E-state index < -0.39 is 23.6 Å². The summed E-state index contributed by atoms with van der Waals surface area (Å²) in [6, 6.07) is 13.2. The Hall–Kier alpha value is -4.24. The summed E-state index contributed by atoms with van der Waals surface area (Å²) in [5.74, 6) is -2.13. The van der Waals surface area contributed by atoms with Crippen molar-refractivity contribution in [3.05, 3.63) is 82.4 Å². The van der Waals surface area contributed by atoms with E-state index in [9.17, 15) is 24.9 Å². The van der Waals surface area contributed by atoms with Crippen LogP contribution in [0.5, 0.6) is 23.0 Å². The molecule has 3 aromatic rings. The van der Waals surface area contributed by atoms with Crippen molar-refractivity contribution in [1.29, 1.82) is 0 Å². The number of fused-ring (bicyclic) bond motifs is 6. The van der Waals surface area contributed by atoms with Crippen LogP contribution in [-0.2, 0) is 20.0 Å². The molecule has 9 nitrogen and oxygen atoms in total. The molecule has 164 valence electrons. The quantitative estimate of drug-likeness (QED) is 0.176. The minimum Gasteiger partial charge on any atom is -0.508 e. The molecular weight excluding hydrogens is 450 g/mol.